The monoisotopic (exact) mass is 158 g/mol. The molecule has 1 aliphatic carbocycles. The Hall–Kier alpha value is 0.350. The third-order valence-corrected chi connectivity index (χ3v) is 3.94. The highest BCUT2D eigenvalue weighted by Crippen LogP contribution is 2.47. The van der Waals surface area contributed by atoms with Gasteiger partial charge in [0.15, 0.2) is 0 Å². The molecule has 0 nitrogen and oxygen atoms in total. The fourth-order valence-electron chi connectivity index (χ4n) is 1.71. The van der Waals surface area contributed by atoms with Crippen molar-refractivity contribution >= 4 is 12.6 Å². The Morgan fingerprint density at radius 3 is 1.70 bits per heavy atom. The van der Waals surface area contributed by atoms with Crippen LogP contribution in [0.3, 0.4) is 0 Å². The smallest absolute Gasteiger partial charge is 0.0178 e. The van der Waals surface area contributed by atoms with E-state index in [1.165, 1.54) is 25.7 Å². The van der Waals surface area contributed by atoms with Gasteiger partial charge in [0, 0.05) is 4.75 Å². The second kappa shape index (κ2) is 2.44. The molecule has 0 amide bonds. The highest BCUT2D eigenvalue weighted by molar-refractivity contribution is 7.81. The van der Waals surface area contributed by atoms with E-state index < -0.39 is 0 Å². The van der Waals surface area contributed by atoms with Crippen molar-refractivity contribution in [2.45, 2.75) is 51.2 Å². The number of hydrogen-bond acceptors (Lipinski definition) is 1. The van der Waals surface area contributed by atoms with Gasteiger partial charge in [-0.3, -0.25) is 0 Å². The highest BCUT2D eigenvalue weighted by Gasteiger charge is 2.40. The van der Waals surface area contributed by atoms with E-state index in [9.17, 15) is 0 Å². The van der Waals surface area contributed by atoms with Crippen LogP contribution < -0.4 is 0 Å². The summed E-state index contributed by atoms with van der Waals surface area (Å²) in [6.07, 6.45) is 5.36. The zero-order chi connectivity index (χ0) is 7.83. The van der Waals surface area contributed by atoms with E-state index in [1.807, 2.05) is 0 Å². The molecule has 1 saturated carbocycles. The van der Waals surface area contributed by atoms with E-state index in [4.69, 9.17) is 12.6 Å². The molecule has 60 valence electrons. The van der Waals surface area contributed by atoms with Crippen molar-refractivity contribution in [3.8, 4) is 0 Å². The number of rotatable bonds is 0. The summed E-state index contributed by atoms with van der Waals surface area (Å²) in [5.41, 5.74) is 0.382. The summed E-state index contributed by atoms with van der Waals surface area (Å²) in [7, 11) is 0. The summed E-state index contributed by atoms with van der Waals surface area (Å²) in [5, 5.41) is 0. The molecule has 0 saturated heterocycles. The Morgan fingerprint density at radius 1 is 1.10 bits per heavy atom. The largest absolute Gasteiger partial charge is 0.172 e. The van der Waals surface area contributed by atoms with Crippen LogP contribution in [0.1, 0.15) is 46.5 Å². The Morgan fingerprint density at radius 2 is 1.50 bits per heavy atom. The van der Waals surface area contributed by atoms with Crippen molar-refractivity contribution in [2.75, 3.05) is 0 Å². The van der Waals surface area contributed by atoms with Crippen LogP contribution in [0.2, 0.25) is 0 Å². The van der Waals surface area contributed by atoms with Gasteiger partial charge < -0.3 is 0 Å². The van der Waals surface area contributed by atoms with E-state index >= 15 is 0 Å². The molecule has 1 heteroatoms. The van der Waals surface area contributed by atoms with E-state index in [-0.39, 0.29) is 0 Å². The zero-order valence-electron chi connectivity index (χ0n) is 7.28. The average Bonchev–Trinajstić information content (AvgIpc) is 2.13. The quantitative estimate of drug-likeness (QED) is 0.514. The second-order valence-electron chi connectivity index (χ2n) is 4.49. The number of thiol groups is 1. The summed E-state index contributed by atoms with van der Waals surface area (Å²) < 4.78 is 0.326. The third kappa shape index (κ3) is 1.34. The van der Waals surface area contributed by atoms with Crippen LogP contribution in [0, 0.1) is 5.41 Å². The predicted octanol–water partition coefficient (Wildman–Crippen LogP) is 3.28. The summed E-state index contributed by atoms with van der Waals surface area (Å²) in [4.78, 5) is 0. The molecule has 1 rings (SSSR count). The van der Waals surface area contributed by atoms with Crippen molar-refractivity contribution in [3.05, 3.63) is 0 Å². The average molecular weight is 158 g/mol. The van der Waals surface area contributed by atoms with Gasteiger partial charge in [-0.1, -0.05) is 33.6 Å². The molecule has 0 aliphatic heterocycles. The maximum Gasteiger partial charge on any atom is 0.0178 e. The lowest BCUT2D eigenvalue weighted by molar-refractivity contribution is 0.287. The molecule has 0 aromatic carbocycles. The molecular weight excluding hydrogens is 140 g/mol. The van der Waals surface area contributed by atoms with Crippen LogP contribution in [-0.2, 0) is 0 Å². The van der Waals surface area contributed by atoms with Gasteiger partial charge in [0.05, 0.1) is 0 Å². The van der Waals surface area contributed by atoms with Crippen LogP contribution in [-0.4, -0.2) is 4.75 Å². The topological polar surface area (TPSA) is 0 Å². The van der Waals surface area contributed by atoms with Crippen molar-refractivity contribution < 1.29 is 0 Å². The first-order valence-electron chi connectivity index (χ1n) is 4.18. The SMILES string of the molecule is CC(C)(C)C1(S)CCCC1. The molecule has 10 heavy (non-hydrogen) atoms. The minimum Gasteiger partial charge on any atom is -0.172 e. The minimum absolute atomic E-state index is 0.326. The third-order valence-electron chi connectivity index (χ3n) is 2.83. The lowest BCUT2D eigenvalue weighted by Gasteiger charge is -2.37. The van der Waals surface area contributed by atoms with Crippen molar-refractivity contribution in [1.82, 2.24) is 0 Å². The first-order chi connectivity index (χ1) is 4.46. The highest BCUT2D eigenvalue weighted by atomic mass is 32.1. The zero-order valence-corrected chi connectivity index (χ0v) is 8.17. The fourth-order valence-corrected chi connectivity index (χ4v) is 2.03. The Labute approximate surface area is 69.8 Å². The maximum absolute atomic E-state index is 4.76. The van der Waals surface area contributed by atoms with E-state index in [0.29, 0.717) is 10.2 Å². The Balaban J connectivity index is 2.67. The molecule has 0 aromatic rings. The molecule has 1 aliphatic rings. The van der Waals surface area contributed by atoms with Gasteiger partial charge in [-0.25, -0.2) is 0 Å². The lowest BCUT2D eigenvalue weighted by atomic mass is 9.79. The molecule has 0 aromatic heterocycles. The minimum atomic E-state index is 0.326. The van der Waals surface area contributed by atoms with Crippen molar-refractivity contribution in [3.63, 3.8) is 0 Å². The van der Waals surface area contributed by atoms with Crippen LogP contribution >= 0.6 is 12.6 Å². The molecule has 0 radical (unpaired) electrons. The second-order valence-corrected chi connectivity index (χ2v) is 5.34. The van der Waals surface area contributed by atoms with E-state index in [2.05, 4.69) is 20.8 Å². The van der Waals surface area contributed by atoms with Gasteiger partial charge in [-0.2, -0.15) is 12.6 Å². The van der Waals surface area contributed by atoms with Gasteiger partial charge in [0.25, 0.3) is 0 Å². The molecule has 0 spiro atoms. The fraction of sp³-hybridized carbons (Fsp3) is 1.00. The van der Waals surface area contributed by atoms with Gasteiger partial charge in [-0.05, 0) is 18.3 Å². The van der Waals surface area contributed by atoms with Gasteiger partial charge >= 0.3 is 0 Å². The molecule has 0 bridgehead atoms. The molecule has 0 heterocycles. The summed E-state index contributed by atoms with van der Waals surface area (Å²) >= 11 is 4.76. The lowest BCUT2D eigenvalue weighted by Crippen LogP contribution is -2.34. The predicted molar refractivity (Wildman–Crippen MR) is 49.6 cm³/mol. The van der Waals surface area contributed by atoms with Crippen molar-refractivity contribution in [1.29, 1.82) is 0 Å². The van der Waals surface area contributed by atoms with Crippen LogP contribution in [0.25, 0.3) is 0 Å². The Kier molecular flexibility index (Phi) is 2.06. The van der Waals surface area contributed by atoms with Crippen LogP contribution in [0.5, 0.6) is 0 Å². The Bertz CT molecular complexity index is 115. The van der Waals surface area contributed by atoms with Crippen LogP contribution in [0.15, 0.2) is 0 Å². The summed E-state index contributed by atoms with van der Waals surface area (Å²) in [6.45, 7) is 6.89. The van der Waals surface area contributed by atoms with E-state index in [1.54, 1.807) is 0 Å². The maximum atomic E-state index is 4.76. The first-order valence-corrected chi connectivity index (χ1v) is 4.63. The molecule has 0 N–H and O–H groups in total. The summed E-state index contributed by atoms with van der Waals surface area (Å²) in [6, 6.07) is 0. The standard InChI is InChI=1S/C9H18S/c1-8(2,3)9(10)6-4-5-7-9/h10H,4-7H2,1-3H3. The van der Waals surface area contributed by atoms with Gasteiger partial charge in [-0.15, -0.1) is 0 Å². The number of hydrogen-bond donors (Lipinski definition) is 1. The summed E-state index contributed by atoms with van der Waals surface area (Å²) in [5.74, 6) is 0. The van der Waals surface area contributed by atoms with Crippen molar-refractivity contribution in [2.24, 2.45) is 5.41 Å². The van der Waals surface area contributed by atoms with Gasteiger partial charge in [0.1, 0.15) is 0 Å². The molecule has 0 atom stereocenters. The first kappa shape index (κ1) is 8.45. The van der Waals surface area contributed by atoms with E-state index in [0.717, 1.165) is 0 Å². The molecular formula is C9H18S. The van der Waals surface area contributed by atoms with Gasteiger partial charge in [0.2, 0.25) is 0 Å². The molecule has 1 fully saturated rings. The molecule has 0 unspecified atom stereocenters. The normalized spacial score (nSPS) is 25.2. The van der Waals surface area contributed by atoms with Crippen LogP contribution in [0.4, 0.5) is 0 Å².